The first-order valence-electron chi connectivity index (χ1n) is 5.72. The average molecular weight is 248 g/mol. The normalized spacial score (nSPS) is 15.6. The van der Waals surface area contributed by atoms with Gasteiger partial charge in [0.15, 0.2) is 0 Å². The Hall–Kier alpha value is -0.420. The SMILES string of the molecule is CCC(N)CS(=O)CC(=O)NC(C)(C)CC. The minimum absolute atomic E-state index is 0.0527. The minimum Gasteiger partial charge on any atom is -0.350 e. The van der Waals surface area contributed by atoms with Crippen LogP contribution in [-0.2, 0) is 15.6 Å². The molecule has 0 bridgehead atoms. The van der Waals surface area contributed by atoms with Crippen molar-refractivity contribution in [1.82, 2.24) is 5.32 Å². The third-order valence-corrected chi connectivity index (χ3v) is 3.96. The summed E-state index contributed by atoms with van der Waals surface area (Å²) in [6.07, 6.45) is 1.63. The van der Waals surface area contributed by atoms with Gasteiger partial charge in [-0.15, -0.1) is 0 Å². The molecule has 0 aliphatic rings. The zero-order valence-corrected chi connectivity index (χ0v) is 11.5. The van der Waals surface area contributed by atoms with E-state index in [1.807, 2.05) is 27.7 Å². The maximum absolute atomic E-state index is 11.6. The molecule has 0 fully saturated rings. The van der Waals surface area contributed by atoms with Crippen LogP contribution in [0.1, 0.15) is 40.5 Å². The molecular formula is C11H24N2O2S. The van der Waals surface area contributed by atoms with Crippen molar-refractivity contribution < 1.29 is 9.00 Å². The van der Waals surface area contributed by atoms with E-state index < -0.39 is 10.8 Å². The van der Waals surface area contributed by atoms with Gasteiger partial charge in [0.2, 0.25) is 5.91 Å². The van der Waals surface area contributed by atoms with Crippen LogP contribution in [0.5, 0.6) is 0 Å². The van der Waals surface area contributed by atoms with Crippen LogP contribution in [0.4, 0.5) is 0 Å². The fourth-order valence-electron chi connectivity index (χ4n) is 1.06. The van der Waals surface area contributed by atoms with Crippen molar-refractivity contribution in [3.05, 3.63) is 0 Å². The van der Waals surface area contributed by atoms with Crippen molar-refractivity contribution >= 4 is 16.7 Å². The summed E-state index contributed by atoms with van der Waals surface area (Å²) in [6, 6.07) is -0.0761. The summed E-state index contributed by atoms with van der Waals surface area (Å²) in [7, 11) is -1.15. The Kier molecular flexibility index (Phi) is 6.83. The molecule has 0 saturated carbocycles. The number of carbonyl (C=O) groups is 1. The van der Waals surface area contributed by atoms with Crippen molar-refractivity contribution in [1.29, 1.82) is 0 Å². The van der Waals surface area contributed by atoms with Crippen LogP contribution in [0.2, 0.25) is 0 Å². The molecule has 0 aromatic carbocycles. The monoisotopic (exact) mass is 248 g/mol. The molecule has 0 heterocycles. The largest absolute Gasteiger partial charge is 0.350 e. The molecule has 0 aliphatic carbocycles. The summed E-state index contributed by atoms with van der Waals surface area (Å²) in [4.78, 5) is 11.6. The molecular weight excluding hydrogens is 224 g/mol. The van der Waals surface area contributed by atoms with Gasteiger partial charge in [0.1, 0.15) is 5.75 Å². The first-order chi connectivity index (χ1) is 7.30. The van der Waals surface area contributed by atoms with E-state index in [9.17, 15) is 9.00 Å². The molecule has 16 heavy (non-hydrogen) atoms. The molecule has 2 atom stereocenters. The summed E-state index contributed by atoms with van der Waals surface area (Å²) < 4.78 is 11.6. The first kappa shape index (κ1) is 15.6. The third-order valence-electron chi connectivity index (χ3n) is 2.58. The molecule has 0 aliphatic heterocycles. The van der Waals surface area contributed by atoms with E-state index in [0.717, 1.165) is 12.8 Å². The smallest absolute Gasteiger partial charge is 0.233 e. The van der Waals surface area contributed by atoms with Crippen molar-refractivity contribution in [3.63, 3.8) is 0 Å². The molecule has 0 spiro atoms. The molecule has 3 N–H and O–H groups in total. The molecule has 0 radical (unpaired) electrons. The van der Waals surface area contributed by atoms with Crippen LogP contribution >= 0.6 is 0 Å². The molecule has 5 heteroatoms. The van der Waals surface area contributed by atoms with E-state index in [1.54, 1.807) is 0 Å². The number of carbonyl (C=O) groups excluding carboxylic acids is 1. The number of amides is 1. The second kappa shape index (κ2) is 7.01. The number of nitrogens with two attached hydrogens (primary N) is 1. The Labute approximate surface area is 101 Å². The number of nitrogens with one attached hydrogen (secondary N) is 1. The molecule has 0 aromatic rings. The second-order valence-electron chi connectivity index (χ2n) is 4.70. The lowest BCUT2D eigenvalue weighted by atomic mass is 10.0. The molecule has 0 rings (SSSR count). The Bertz CT molecular complexity index is 254. The van der Waals surface area contributed by atoms with Crippen LogP contribution < -0.4 is 11.1 Å². The van der Waals surface area contributed by atoms with Crippen molar-refractivity contribution in [2.45, 2.75) is 52.1 Å². The Morgan fingerprint density at radius 1 is 1.44 bits per heavy atom. The minimum atomic E-state index is -1.15. The van der Waals surface area contributed by atoms with Gasteiger partial charge in [0.25, 0.3) is 0 Å². The maximum Gasteiger partial charge on any atom is 0.233 e. The average Bonchev–Trinajstić information content (AvgIpc) is 2.16. The highest BCUT2D eigenvalue weighted by Gasteiger charge is 2.19. The summed E-state index contributed by atoms with van der Waals surface area (Å²) in [6.45, 7) is 7.85. The van der Waals surface area contributed by atoms with Crippen LogP contribution in [0.3, 0.4) is 0 Å². The topological polar surface area (TPSA) is 72.2 Å². The third kappa shape index (κ3) is 6.95. The lowest BCUT2D eigenvalue weighted by molar-refractivity contribution is -0.120. The van der Waals surface area contributed by atoms with Gasteiger partial charge >= 0.3 is 0 Å². The van der Waals surface area contributed by atoms with Crippen molar-refractivity contribution in [3.8, 4) is 0 Å². The molecule has 1 amide bonds. The lowest BCUT2D eigenvalue weighted by Gasteiger charge is -2.24. The molecule has 0 saturated heterocycles. The predicted octanol–water partition coefficient (Wildman–Crippen LogP) is 0.777. The van der Waals surface area contributed by atoms with Gasteiger partial charge in [-0.3, -0.25) is 9.00 Å². The van der Waals surface area contributed by atoms with Gasteiger partial charge in [-0.25, -0.2) is 0 Å². The Morgan fingerprint density at radius 3 is 2.44 bits per heavy atom. The van der Waals surface area contributed by atoms with Gasteiger partial charge in [-0.05, 0) is 26.7 Å². The quantitative estimate of drug-likeness (QED) is 0.699. The second-order valence-corrected chi connectivity index (χ2v) is 6.21. The van der Waals surface area contributed by atoms with E-state index in [4.69, 9.17) is 5.73 Å². The molecule has 4 nitrogen and oxygen atoms in total. The summed E-state index contributed by atoms with van der Waals surface area (Å²) >= 11 is 0. The van der Waals surface area contributed by atoms with E-state index in [0.29, 0.717) is 5.75 Å². The van der Waals surface area contributed by atoms with Gasteiger partial charge in [-0.2, -0.15) is 0 Å². The highest BCUT2D eigenvalue weighted by molar-refractivity contribution is 7.85. The number of hydrogen-bond donors (Lipinski definition) is 2. The fraction of sp³-hybridized carbons (Fsp3) is 0.909. The molecule has 96 valence electrons. The molecule has 2 unspecified atom stereocenters. The van der Waals surface area contributed by atoms with Gasteiger partial charge in [0.05, 0.1) is 0 Å². The van der Waals surface area contributed by atoms with Gasteiger partial charge in [-0.1, -0.05) is 13.8 Å². The van der Waals surface area contributed by atoms with Crippen LogP contribution in [-0.4, -0.2) is 33.2 Å². The van der Waals surface area contributed by atoms with Gasteiger partial charge in [0, 0.05) is 28.1 Å². The standard InChI is InChI=1S/C11H24N2O2S/c1-5-9(12)7-16(15)8-10(14)13-11(3,4)6-2/h9H,5-8,12H2,1-4H3,(H,13,14). The zero-order valence-electron chi connectivity index (χ0n) is 10.7. The van der Waals surface area contributed by atoms with E-state index in [2.05, 4.69) is 5.32 Å². The van der Waals surface area contributed by atoms with E-state index in [-0.39, 0.29) is 23.2 Å². The predicted molar refractivity (Wildman–Crippen MR) is 68.7 cm³/mol. The first-order valence-corrected chi connectivity index (χ1v) is 7.21. The van der Waals surface area contributed by atoms with E-state index in [1.165, 1.54) is 0 Å². The van der Waals surface area contributed by atoms with Crippen molar-refractivity contribution in [2.24, 2.45) is 5.73 Å². The van der Waals surface area contributed by atoms with Crippen LogP contribution in [0.25, 0.3) is 0 Å². The lowest BCUT2D eigenvalue weighted by Crippen LogP contribution is -2.45. The number of hydrogen-bond acceptors (Lipinski definition) is 3. The summed E-state index contributed by atoms with van der Waals surface area (Å²) in [5.74, 6) is 0.293. The fourth-order valence-corrected chi connectivity index (χ4v) is 2.26. The van der Waals surface area contributed by atoms with Gasteiger partial charge < -0.3 is 11.1 Å². The summed E-state index contributed by atoms with van der Waals surface area (Å²) in [5.41, 5.74) is 5.45. The Morgan fingerprint density at radius 2 is 2.00 bits per heavy atom. The maximum atomic E-state index is 11.6. The Balaban J connectivity index is 4.01. The van der Waals surface area contributed by atoms with Crippen molar-refractivity contribution in [2.75, 3.05) is 11.5 Å². The van der Waals surface area contributed by atoms with Crippen LogP contribution in [0, 0.1) is 0 Å². The highest BCUT2D eigenvalue weighted by Crippen LogP contribution is 2.06. The van der Waals surface area contributed by atoms with Crippen LogP contribution in [0.15, 0.2) is 0 Å². The molecule has 0 aromatic heterocycles. The summed E-state index contributed by atoms with van der Waals surface area (Å²) in [5, 5.41) is 2.86. The highest BCUT2D eigenvalue weighted by atomic mass is 32.2. The van der Waals surface area contributed by atoms with E-state index >= 15 is 0 Å². The number of rotatable bonds is 7. The zero-order chi connectivity index (χ0) is 12.8.